The number of aliphatic hydroxyl groups excluding tert-OH is 1. The molecule has 0 heterocycles. The van der Waals surface area contributed by atoms with Crippen LogP contribution in [-0.4, -0.2) is 11.2 Å². The second-order valence-electron chi connectivity index (χ2n) is 14.3. The van der Waals surface area contributed by atoms with Crippen molar-refractivity contribution in [1.29, 1.82) is 0 Å². The average Bonchev–Trinajstić information content (AvgIpc) is 2.98. The Kier molecular flexibility index (Phi) is 4.68. The van der Waals surface area contributed by atoms with Gasteiger partial charge in [0.1, 0.15) is 0 Å². The first kappa shape index (κ1) is 22.2. The maximum Gasteiger partial charge on any atom is 0.0584 e. The minimum Gasteiger partial charge on any atom is -0.393 e. The van der Waals surface area contributed by atoms with Crippen LogP contribution in [0, 0.1) is 50.7 Å². The topological polar surface area (TPSA) is 20.2 Å². The van der Waals surface area contributed by atoms with Gasteiger partial charge in [-0.05, 0) is 101 Å². The zero-order chi connectivity index (χ0) is 22.6. The maximum atomic E-state index is 11.7. The summed E-state index contributed by atoms with van der Waals surface area (Å²) in [6, 6.07) is 0. The molecule has 0 aromatic rings. The van der Waals surface area contributed by atoms with E-state index in [0.717, 1.165) is 12.3 Å². The number of rotatable bonds is 1. The lowest BCUT2D eigenvalue weighted by atomic mass is 9.33. The molecular weight excluding hydrogens is 376 g/mol. The monoisotopic (exact) mass is 424 g/mol. The molecule has 1 N–H and O–H groups in total. The summed E-state index contributed by atoms with van der Waals surface area (Å²) in [4.78, 5) is 0. The van der Waals surface area contributed by atoms with Crippen molar-refractivity contribution in [1.82, 2.24) is 0 Å². The first-order valence-electron chi connectivity index (χ1n) is 13.4. The number of hydrogen-bond acceptors (Lipinski definition) is 1. The number of aliphatic hydroxyl groups is 1. The molecule has 8 atom stereocenters. The van der Waals surface area contributed by atoms with Gasteiger partial charge in [-0.1, -0.05) is 79.5 Å². The van der Waals surface area contributed by atoms with Crippen molar-refractivity contribution in [2.75, 3.05) is 0 Å². The molecule has 174 valence electrons. The second kappa shape index (κ2) is 6.52. The Morgan fingerprint density at radius 1 is 0.935 bits per heavy atom. The minimum absolute atomic E-state index is 0.162. The Hall–Kier alpha value is -0.560. The summed E-state index contributed by atoms with van der Waals surface area (Å²) in [5, 5.41) is 11.7. The van der Waals surface area contributed by atoms with E-state index in [0.29, 0.717) is 23.2 Å². The predicted octanol–water partition coefficient (Wildman–Crippen LogP) is 7.94. The molecular formula is C30H48O. The van der Waals surface area contributed by atoms with Crippen LogP contribution in [0.15, 0.2) is 23.3 Å². The van der Waals surface area contributed by atoms with E-state index in [2.05, 4.69) is 67.5 Å². The summed E-state index contributed by atoms with van der Waals surface area (Å²) in [7, 11) is 0. The van der Waals surface area contributed by atoms with Gasteiger partial charge in [-0.25, -0.2) is 0 Å². The van der Waals surface area contributed by atoms with Crippen LogP contribution in [0.5, 0.6) is 0 Å². The third-order valence-electron chi connectivity index (χ3n) is 12.3. The van der Waals surface area contributed by atoms with Crippen molar-refractivity contribution < 1.29 is 5.11 Å². The standard InChI is InChI=1S/C30H48O/c1-19(2)20-12-16-27(5)21(20)13-17-29(7)23(27)10-11-24-28(6)15-9-14-26(3,4)25(28)22(31)18-30(24,29)8/h13,17,19,22-25,31H,9-12,14-16,18H2,1-8H3/t22-,23+,24+,25-,27-,28+,29+,30+/m0/s1. The molecule has 0 aromatic heterocycles. The normalized spacial score (nSPS) is 53.1. The van der Waals surface area contributed by atoms with Crippen molar-refractivity contribution >= 4 is 0 Å². The lowest BCUT2D eigenvalue weighted by molar-refractivity contribution is -0.240. The quantitative estimate of drug-likeness (QED) is 0.453. The van der Waals surface area contributed by atoms with Gasteiger partial charge in [0.15, 0.2) is 0 Å². The van der Waals surface area contributed by atoms with Crippen LogP contribution in [0.3, 0.4) is 0 Å². The summed E-state index contributed by atoms with van der Waals surface area (Å²) in [6.45, 7) is 20.0. The van der Waals surface area contributed by atoms with Gasteiger partial charge in [-0.3, -0.25) is 0 Å². The van der Waals surface area contributed by atoms with Crippen LogP contribution >= 0.6 is 0 Å². The fourth-order valence-corrected chi connectivity index (χ4v) is 11.0. The van der Waals surface area contributed by atoms with Crippen molar-refractivity contribution in [2.45, 2.75) is 113 Å². The van der Waals surface area contributed by atoms with Gasteiger partial charge in [0.25, 0.3) is 0 Å². The molecule has 5 rings (SSSR count). The van der Waals surface area contributed by atoms with E-state index in [1.54, 1.807) is 11.1 Å². The lowest BCUT2D eigenvalue weighted by Gasteiger charge is -2.72. The largest absolute Gasteiger partial charge is 0.393 e. The molecule has 3 saturated carbocycles. The highest BCUT2D eigenvalue weighted by molar-refractivity contribution is 5.44. The van der Waals surface area contributed by atoms with Crippen LogP contribution in [0.4, 0.5) is 0 Å². The molecule has 0 aromatic carbocycles. The van der Waals surface area contributed by atoms with Crippen LogP contribution in [0.1, 0.15) is 107 Å². The van der Waals surface area contributed by atoms with E-state index in [1.165, 1.54) is 44.9 Å². The first-order chi connectivity index (χ1) is 14.3. The van der Waals surface area contributed by atoms with Gasteiger partial charge >= 0.3 is 0 Å². The number of fused-ring (bicyclic) bond motifs is 7. The van der Waals surface area contributed by atoms with Crippen molar-refractivity contribution in [2.24, 2.45) is 50.7 Å². The maximum absolute atomic E-state index is 11.7. The van der Waals surface area contributed by atoms with Gasteiger partial charge in [-0.2, -0.15) is 0 Å². The lowest BCUT2D eigenvalue weighted by Crippen LogP contribution is -2.67. The van der Waals surface area contributed by atoms with E-state index >= 15 is 0 Å². The Morgan fingerprint density at radius 2 is 1.61 bits per heavy atom. The molecule has 0 saturated heterocycles. The van der Waals surface area contributed by atoms with E-state index in [4.69, 9.17) is 0 Å². The fraction of sp³-hybridized carbons (Fsp3) is 0.867. The molecule has 1 nitrogen and oxygen atoms in total. The predicted molar refractivity (Wildman–Crippen MR) is 131 cm³/mol. The third kappa shape index (κ3) is 2.59. The molecule has 0 unspecified atom stereocenters. The highest BCUT2D eigenvalue weighted by atomic mass is 16.3. The second-order valence-corrected chi connectivity index (χ2v) is 14.3. The smallest absolute Gasteiger partial charge is 0.0584 e. The van der Waals surface area contributed by atoms with Gasteiger partial charge < -0.3 is 5.11 Å². The summed E-state index contributed by atoms with van der Waals surface area (Å²) in [6.07, 6.45) is 15.3. The van der Waals surface area contributed by atoms with Crippen LogP contribution in [-0.2, 0) is 0 Å². The van der Waals surface area contributed by atoms with Gasteiger partial charge in [0.2, 0.25) is 0 Å². The molecule has 0 bridgehead atoms. The van der Waals surface area contributed by atoms with Crippen molar-refractivity contribution in [3.05, 3.63) is 23.3 Å². The SMILES string of the molecule is CC(C)C1=C2C=C[C@]3(C)[C@H](CC[C@@H]4[C@@]5(C)CCCC(C)(C)[C@@H]5[C@@H](O)C[C@]43C)[C@@]2(C)CC1. The van der Waals surface area contributed by atoms with Crippen LogP contribution in [0.2, 0.25) is 0 Å². The Bertz CT molecular complexity index is 831. The Balaban J connectivity index is 1.63. The third-order valence-corrected chi connectivity index (χ3v) is 12.3. The minimum atomic E-state index is -0.162. The van der Waals surface area contributed by atoms with Crippen LogP contribution < -0.4 is 0 Å². The van der Waals surface area contributed by atoms with E-state index < -0.39 is 0 Å². The number of allylic oxidation sites excluding steroid dienone is 4. The Labute approximate surface area is 192 Å². The molecule has 5 aliphatic carbocycles. The van der Waals surface area contributed by atoms with Gasteiger partial charge in [-0.15, -0.1) is 0 Å². The zero-order valence-electron chi connectivity index (χ0n) is 21.6. The Morgan fingerprint density at radius 3 is 2.29 bits per heavy atom. The van der Waals surface area contributed by atoms with Crippen LogP contribution in [0.25, 0.3) is 0 Å². The van der Waals surface area contributed by atoms with E-state index in [1.807, 2.05) is 0 Å². The molecule has 0 amide bonds. The molecule has 0 aliphatic heterocycles. The molecule has 31 heavy (non-hydrogen) atoms. The number of hydrogen-bond donors (Lipinski definition) is 1. The van der Waals surface area contributed by atoms with Gasteiger partial charge in [0.05, 0.1) is 6.10 Å². The zero-order valence-corrected chi connectivity index (χ0v) is 21.6. The first-order valence-corrected chi connectivity index (χ1v) is 13.4. The van der Waals surface area contributed by atoms with Crippen molar-refractivity contribution in [3.63, 3.8) is 0 Å². The molecule has 3 fully saturated rings. The summed E-state index contributed by atoms with van der Waals surface area (Å²) in [5.74, 6) is 2.54. The molecule has 0 radical (unpaired) electrons. The van der Waals surface area contributed by atoms with Gasteiger partial charge in [0, 0.05) is 0 Å². The summed E-state index contributed by atoms with van der Waals surface area (Å²) < 4.78 is 0. The highest BCUT2D eigenvalue weighted by Gasteiger charge is 2.70. The molecule has 0 spiro atoms. The highest BCUT2D eigenvalue weighted by Crippen LogP contribution is 2.76. The summed E-state index contributed by atoms with van der Waals surface area (Å²) in [5.41, 5.74) is 4.62. The molecule has 1 heteroatoms. The summed E-state index contributed by atoms with van der Waals surface area (Å²) >= 11 is 0. The fourth-order valence-electron chi connectivity index (χ4n) is 11.0. The van der Waals surface area contributed by atoms with Crippen molar-refractivity contribution in [3.8, 4) is 0 Å². The van der Waals surface area contributed by atoms with E-state index in [9.17, 15) is 5.11 Å². The average molecular weight is 425 g/mol. The van der Waals surface area contributed by atoms with E-state index in [-0.39, 0.29) is 27.8 Å². The molecule has 5 aliphatic rings.